The summed E-state index contributed by atoms with van der Waals surface area (Å²) in [6.07, 6.45) is -4.82. The van der Waals surface area contributed by atoms with Gasteiger partial charge in [-0.2, -0.15) is 0 Å². The summed E-state index contributed by atoms with van der Waals surface area (Å²) in [5, 5.41) is 0. The van der Waals surface area contributed by atoms with Crippen molar-refractivity contribution in [3.63, 3.8) is 0 Å². The molecule has 0 radical (unpaired) electrons. The molecule has 0 spiro atoms. The lowest BCUT2D eigenvalue weighted by atomic mass is 9.99. The van der Waals surface area contributed by atoms with E-state index in [0.29, 0.717) is 23.3 Å². The van der Waals surface area contributed by atoms with E-state index in [9.17, 15) is 30.7 Å². The molecular formula is C19H9F7O. The van der Waals surface area contributed by atoms with Crippen LogP contribution in [0.1, 0.15) is 0 Å². The minimum atomic E-state index is -4.82. The summed E-state index contributed by atoms with van der Waals surface area (Å²) in [6.45, 7) is 0. The lowest BCUT2D eigenvalue weighted by Gasteiger charge is -2.10. The van der Waals surface area contributed by atoms with Crippen molar-refractivity contribution in [2.24, 2.45) is 0 Å². The van der Waals surface area contributed by atoms with Gasteiger partial charge in [-0.1, -0.05) is 24.3 Å². The van der Waals surface area contributed by atoms with E-state index in [2.05, 4.69) is 4.74 Å². The number of alkyl halides is 3. The molecule has 0 saturated heterocycles. The van der Waals surface area contributed by atoms with E-state index in [0.717, 1.165) is 18.2 Å². The highest BCUT2D eigenvalue weighted by Gasteiger charge is 2.31. The zero-order valence-electron chi connectivity index (χ0n) is 13.3. The second-order valence-corrected chi connectivity index (χ2v) is 5.52. The fourth-order valence-electron chi connectivity index (χ4n) is 2.49. The summed E-state index contributed by atoms with van der Waals surface area (Å²) in [7, 11) is 0. The molecule has 0 aromatic heterocycles. The number of rotatable bonds is 3. The molecule has 0 unspecified atom stereocenters. The van der Waals surface area contributed by atoms with Crippen LogP contribution in [-0.4, -0.2) is 6.36 Å². The Hall–Kier alpha value is -3.03. The molecule has 1 nitrogen and oxygen atoms in total. The summed E-state index contributed by atoms with van der Waals surface area (Å²) in [5.74, 6) is -5.83. The molecule has 0 heterocycles. The minimum absolute atomic E-state index is 0.159. The average molecular weight is 386 g/mol. The predicted molar refractivity (Wildman–Crippen MR) is 83.8 cm³/mol. The van der Waals surface area contributed by atoms with Gasteiger partial charge in [-0.05, 0) is 47.0 Å². The predicted octanol–water partition coefficient (Wildman–Crippen LogP) is 6.48. The fraction of sp³-hybridized carbons (Fsp3) is 0.0526. The third kappa shape index (κ3) is 4.21. The normalized spacial score (nSPS) is 11.5. The molecule has 0 fully saturated rings. The molecule has 3 aromatic rings. The maximum atomic E-state index is 14.4. The molecule has 3 aromatic carbocycles. The Morgan fingerprint density at radius 2 is 1.11 bits per heavy atom. The third-order valence-corrected chi connectivity index (χ3v) is 3.69. The first-order valence-electron chi connectivity index (χ1n) is 7.45. The van der Waals surface area contributed by atoms with E-state index in [-0.39, 0.29) is 11.1 Å². The fourth-order valence-corrected chi connectivity index (χ4v) is 2.49. The maximum absolute atomic E-state index is 14.4. The van der Waals surface area contributed by atoms with Gasteiger partial charge in [0.15, 0.2) is 17.5 Å². The van der Waals surface area contributed by atoms with Crippen LogP contribution in [0.25, 0.3) is 22.3 Å². The van der Waals surface area contributed by atoms with Gasteiger partial charge in [-0.25, -0.2) is 17.6 Å². The number of ether oxygens (including phenoxy) is 1. The molecule has 0 aliphatic heterocycles. The molecule has 0 saturated carbocycles. The van der Waals surface area contributed by atoms with E-state index in [1.165, 1.54) is 24.3 Å². The molecule has 0 aliphatic rings. The lowest BCUT2D eigenvalue weighted by molar-refractivity contribution is -0.274. The summed E-state index contributed by atoms with van der Waals surface area (Å²) in [6, 6.07) is 9.76. The van der Waals surface area contributed by atoms with Crippen LogP contribution in [0.2, 0.25) is 0 Å². The highest BCUT2D eigenvalue weighted by atomic mass is 19.4. The van der Waals surface area contributed by atoms with E-state index >= 15 is 0 Å². The van der Waals surface area contributed by atoms with Crippen molar-refractivity contribution in [2.75, 3.05) is 0 Å². The van der Waals surface area contributed by atoms with E-state index in [4.69, 9.17) is 0 Å². The van der Waals surface area contributed by atoms with Crippen molar-refractivity contribution in [1.82, 2.24) is 0 Å². The summed E-state index contributed by atoms with van der Waals surface area (Å²) >= 11 is 0. The minimum Gasteiger partial charge on any atom is -0.406 e. The summed E-state index contributed by atoms with van der Waals surface area (Å²) < 4.78 is 94.3. The van der Waals surface area contributed by atoms with Gasteiger partial charge in [0.25, 0.3) is 0 Å². The van der Waals surface area contributed by atoms with Gasteiger partial charge in [0.1, 0.15) is 11.6 Å². The van der Waals surface area contributed by atoms with Crippen LogP contribution in [0.3, 0.4) is 0 Å². The first-order chi connectivity index (χ1) is 12.6. The standard InChI is InChI=1S/C19H9F7O/c20-15-7-11(10-1-4-13(5-2-10)27-19(24,25)26)3-6-14(15)12-8-16(21)18(23)17(22)9-12/h1-9H. The Morgan fingerprint density at radius 3 is 1.63 bits per heavy atom. The Kier molecular flexibility index (Phi) is 4.82. The average Bonchev–Trinajstić information content (AvgIpc) is 2.58. The zero-order chi connectivity index (χ0) is 19.8. The van der Waals surface area contributed by atoms with Crippen LogP contribution in [0.4, 0.5) is 30.7 Å². The highest BCUT2D eigenvalue weighted by Crippen LogP contribution is 2.31. The first kappa shape index (κ1) is 18.8. The van der Waals surface area contributed by atoms with Crippen LogP contribution in [0, 0.1) is 23.3 Å². The zero-order valence-corrected chi connectivity index (χ0v) is 13.3. The molecule has 27 heavy (non-hydrogen) atoms. The van der Waals surface area contributed by atoms with Crippen molar-refractivity contribution in [3.05, 3.63) is 77.9 Å². The van der Waals surface area contributed by atoms with Gasteiger partial charge in [0, 0.05) is 5.56 Å². The molecule has 0 amide bonds. The molecular weight excluding hydrogens is 377 g/mol. The van der Waals surface area contributed by atoms with E-state index in [1.807, 2.05) is 0 Å². The van der Waals surface area contributed by atoms with Gasteiger partial charge in [0.05, 0.1) is 0 Å². The van der Waals surface area contributed by atoms with Gasteiger partial charge in [-0.3, -0.25) is 0 Å². The summed E-state index contributed by atoms with van der Waals surface area (Å²) in [5.41, 5.74) is 0.363. The Balaban J connectivity index is 1.91. The topological polar surface area (TPSA) is 9.23 Å². The maximum Gasteiger partial charge on any atom is 0.573 e. The van der Waals surface area contributed by atoms with Gasteiger partial charge >= 0.3 is 6.36 Å². The highest BCUT2D eigenvalue weighted by molar-refractivity contribution is 5.71. The van der Waals surface area contributed by atoms with Gasteiger partial charge in [0.2, 0.25) is 0 Å². The third-order valence-electron chi connectivity index (χ3n) is 3.69. The van der Waals surface area contributed by atoms with Crippen LogP contribution in [-0.2, 0) is 0 Å². The van der Waals surface area contributed by atoms with Crippen LogP contribution in [0.5, 0.6) is 5.75 Å². The number of benzene rings is 3. The molecule has 0 bridgehead atoms. The van der Waals surface area contributed by atoms with E-state index < -0.39 is 35.4 Å². The molecule has 0 N–H and O–H groups in total. The van der Waals surface area contributed by atoms with Crippen LogP contribution in [0.15, 0.2) is 54.6 Å². The van der Waals surface area contributed by atoms with Crippen molar-refractivity contribution in [3.8, 4) is 28.0 Å². The van der Waals surface area contributed by atoms with Crippen LogP contribution < -0.4 is 4.74 Å². The van der Waals surface area contributed by atoms with Gasteiger partial charge in [-0.15, -0.1) is 13.2 Å². The Labute approximate surface area is 148 Å². The van der Waals surface area contributed by atoms with Crippen LogP contribution >= 0.6 is 0 Å². The van der Waals surface area contributed by atoms with Crippen molar-refractivity contribution < 1.29 is 35.5 Å². The number of hydrogen-bond acceptors (Lipinski definition) is 1. The molecule has 8 heteroatoms. The van der Waals surface area contributed by atoms with Gasteiger partial charge < -0.3 is 4.74 Å². The first-order valence-corrected chi connectivity index (χ1v) is 7.45. The molecule has 0 aliphatic carbocycles. The monoisotopic (exact) mass is 386 g/mol. The number of halogens is 7. The molecule has 3 rings (SSSR count). The largest absolute Gasteiger partial charge is 0.573 e. The van der Waals surface area contributed by atoms with Crippen molar-refractivity contribution >= 4 is 0 Å². The SMILES string of the molecule is Fc1cc(-c2ccc(OC(F)(F)F)cc2)ccc1-c1cc(F)c(F)c(F)c1. The Bertz CT molecular complexity index is 955. The quantitative estimate of drug-likeness (QED) is 0.370. The number of hydrogen-bond donors (Lipinski definition) is 0. The van der Waals surface area contributed by atoms with Crippen molar-refractivity contribution in [2.45, 2.75) is 6.36 Å². The van der Waals surface area contributed by atoms with E-state index in [1.54, 1.807) is 0 Å². The van der Waals surface area contributed by atoms with Crippen molar-refractivity contribution in [1.29, 1.82) is 0 Å². The summed E-state index contributed by atoms with van der Waals surface area (Å²) in [4.78, 5) is 0. The second kappa shape index (κ2) is 6.94. The lowest BCUT2D eigenvalue weighted by Crippen LogP contribution is -2.16. The molecule has 0 atom stereocenters. The molecule has 140 valence electrons. The Morgan fingerprint density at radius 1 is 0.593 bits per heavy atom. The smallest absolute Gasteiger partial charge is 0.406 e. The second-order valence-electron chi connectivity index (χ2n) is 5.52.